The van der Waals surface area contributed by atoms with E-state index in [-0.39, 0.29) is 5.91 Å². The van der Waals surface area contributed by atoms with Gasteiger partial charge in [-0.05, 0) is 41.8 Å². The maximum Gasteiger partial charge on any atom is 0.256 e. The molecule has 0 aliphatic heterocycles. The summed E-state index contributed by atoms with van der Waals surface area (Å²) in [6.45, 7) is 0. The van der Waals surface area contributed by atoms with Gasteiger partial charge in [-0.3, -0.25) is 4.79 Å². The number of hydrogen-bond acceptors (Lipinski definition) is 3. The molecule has 3 nitrogen and oxygen atoms in total. The molecular weight excluding hydrogens is 318 g/mol. The van der Waals surface area contributed by atoms with E-state index >= 15 is 0 Å². The summed E-state index contributed by atoms with van der Waals surface area (Å²) in [5, 5.41) is 7.01. The van der Waals surface area contributed by atoms with Crippen LogP contribution in [0.1, 0.15) is 10.4 Å². The predicted octanol–water partition coefficient (Wildman–Crippen LogP) is 5.45. The van der Waals surface area contributed by atoms with Crippen LogP contribution in [0.2, 0.25) is 5.02 Å². The number of hydrogen-bond donors (Lipinski definition) is 1. The molecule has 1 N–H and O–H groups in total. The highest BCUT2D eigenvalue weighted by Crippen LogP contribution is 2.32. The molecule has 1 heterocycles. The molecule has 0 saturated heterocycles. The maximum atomic E-state index is 12.2. The Kier molecular flexibility index (Phi) is 4.42. The van der Waals surface area contributed by atoms with E-state index in [2.05, 4.69) is 5.32 Å². The van der Waals surface area contributed by atoms with Gasteiger partial charge >= 0.3 is 0 Å². The van der Waals surface area contributed by atoms with Crippen molar-refractivity contribution in [3.63, 3.8) is 0 Å². The monoisotopic (exact) mass is 329 g/mol. The average Bonchev–Trinajstić information content (AvgIpc) is 3.05. The summed E-state index contributed by atoms with van der Waals surface area (Å²) < 4.78 is 5.81. The number of carbonyl (C=O) groups excluding carboxylic acids is 1. The van der Waals surface area contributed by atoms with Gasteiger partial charge in [-0.1, -0.05) is 29.8 Å². The standard InChI is InChI=1S/C17H12ClNO2S/c18-13-6-7-16(21-14-4-2-1-3-5-14)15(10-13)19-17(20)12-8-9-22-11-12/h1-11H,(H,19,20). The van der Waals surface area contributed by atoms with Crippen LogP contribution in [0.4, 0.5) is 5.69 Å². The zero-order valence-electron chi connectivity index (χ0n) is 11.5. The summed E-state index contributed by atoms with van der Waals surface area (Å²) in [7, 11) is 0. The molecule has 0 aliphatic rings. The topological polar surface area (TPSA) is 38.3 Å². The van der Waals surface area contributed by atoms with Crippen LogP contribution in [0.15, 0.2) is 65.4 Å². The summed E-state index contributed by atoms with van der Waals surface area (Å²) in [5.41, 5.74) is 1.14. The lowest BCUT2D eigenvalue weighted by Gasteiger charge is -2.12. The first-order valence-corrected chi connectivity index (χ1v) is 7.90. The third kappa shape index (κ3) is 3.47. The smallest absolute Gasteiger partial charge is 0.256 e. The molecule has 0 radical (unpaired) electrons. The Balaban J connectivity index is 1.86. The van der Waals surface area contributed by atoms with Crippen molar-refractivity contribution in [1.82, 2.24) is 0 Å². The number of carbonyl (C=O) groups is 1. The number of nitrogens with one attached hydrogen (secondary N) is 1. The van der Waals surface area contributed by atoms with Crippen molar-refractivity contribution in [2.24, 2.45) is 0 Å². The lowest BCUT2D eigenvalue weighted by Crippen LogP contribution is -2.11. The van der Waals surface area contributed by atoms with Crippen molar-refractivity contribution in [2.45, 2.75) is 0 Å². The third-order valence-electron chi connectivity index (χ3n) is 2.94. The van der Waals surface area contributed by atoms with Crippen LogP contribution >= 0.6 is 22.9 Å². The predicted molar refractivity (Wildman–Crippen MR) is 90.2 cm³/mol. The number of rotatable bonds is 4. The van der Waals surface area contributed by atoms with Crippen LogP contribution in [-0.2, 0) is 0 Å². The Bertz CT molecular complexity index is 773. The maximum absolute atomic E-state index is 12.2. The van der Waals surface area contributed by atoms with Crippen molar-refractivity contribution in [1.29, 1.82) is 0 Å². The number of halogens is 1. The Labute approximate surface area is 137 Å². The van der Waals surface area contributed by atoms with Gasteiger partial charge in [0.15, 0.2) is 5.75 Å². The normalized spacial score (nSPS) is 10.2. The highest BCUT2D eigenvalue weighted by Gasteiger charge is 2.11. The SMILES string of the molecule is O=C(Nc1cc(Cl)ccc1Oc1ccccc1)c1ccsc1. The molecule has 0 saturated carbocycles. The Morgan fingerprint density at radius 1 is 1.09 bits per heavy atom. The van der Waals surface area contributed by atoms with Gasteiger partial charge in [-0.15, -0.1) is 0 Å². The van der Waals surface area contributed by atoms with Crippen molar-refractivity contribution in [2.75, 3.05) is 5.32 Å². The first kappa shape index (κ1) is 14.6. The van der Waals surface area contributed by atoms with Crippen molar-refractivity contribution in [3.05, 3.63) is 75.9 Å². The van der Waals surface area contributed by atoms with Gasteiger partial charge in [0.2, 0.25) is 0 Å². The van der Waals surface area contributed by atoms with E-state index in [4.69, 9.17) is 16.3 Å². The van der Waals surface area contributed by atoms with Gasteiger partial charge < -0.3 is 10.1 Å². The number of benzene rings is 2. The number of para-hydroxylation sites is 1. The Hall–Kier alpha value is -2.30. The van der Waals surface area contributed by atoms with E-state index in [1.165, 1.54) is 11.3 Å². The molecule has 0 atom stereocenters. The van der Waals surface area contributed by atoms with E-state index in [0.717, 1.165) is 0 Å². The minimum Gasteiger partial charge on any atom is -0.455 e. The van der Waals surface area contributed by atoms with Crippen LogP contribution < -0.4 is 10.1 Å². The highest BCUT2D eigenvalue weighted by atomic mass is 35.5. The molecule has 5 heteroatoms. The third-order valence-corrected chi connectivity index (χ3v) is 3.86. The van der Waals surface area contributed by atoms with Crippen LogP contribution in [0.25, 0.3) is 0 Å². The van der Waals surface area contributed by atoms with Gasteiger partial charge in [-0.25, -0.2) is 0 Å². The molecule has 0 aliphatic carbocycles. The van der Waals surface area contributed by atoms with Crippen LogP contribution in [0, 0.1) is 0 Å². The summed E-state index contributed by atoms with van der Waals surface area (Å²) >= 11 is 7.49. The Morgan fingerprint density at radius 2 is 1.91 bits per heavy atom. The first-order chi connectivity index (χ1) is 10.7. The lowest BCUT2D eigenvalue weighted by molar-refractivity contribution is 0.102. The summed E-state index contributed by atoms with van der Waals surface area (Å²) in [6, 6.07) is 16.3. The minimum atomic E-state index is -0.193. The molecule has 3 aromatic rings. The van der Waals surface area contributed by atoms with Crippen molar-refractivity contribution >= 4 is 34.5 Å². The Morgan fingerprint density at radius 3 is 2.64 bits per heavy atom. The molecule has 0 spiro atoms. The number of amides is 1. The molecule has 1 amide bonds. The van der Waals surface area contributed by atoms with Gasteiger partial charge in [-0.2, -0.15) is 11.3 Å². The van der Waals surface area contributed by atoms with Crippen LogP contribution in [0.5, 0.6) is 11.5 Å². The van der Waals surface area contributed by atoms with Crippen LogP contribution in [0.3, 0.4) is 0 Å². The quantitative estimate of drug-likeness (QED) is 0.691. The van der Waals surface area contributed by atoms with Gasteiger partial charge in [0.1, 0.15) is 5.75 Å². The average molecular weight is 330 g/mol. The van der Waals surface area contributed by atoms with E-state index < -0.39 is 0 Å². The lowest BCUT2D eigenvalue weighted by atomic mass is 10.2. The van der Waals surface area contributed by atoms with Gasteiger partial charge in [0.25, 0.3) is 5.91 Å². The second-order valence-electron chi connectivity index (χ2n) is 4.52. The summed E-state index contributed by atoms with van der Waals surface area (Å²) in [6.07, 6.45) is 0. The van der Waals surface area contributed by atoms with E-state index in [1.54, 1.807) is 29.6 Å². The molecule has 0 bridgehead atoms. The van der Waals surface area contributed by atoms with E-state index in [0.29, 0.717) is 27.8 Å². The zero-order chi connectivity index (χ0) is 15.4. The highest BCUT2D eigenvalue weighted by molar-refractivity contribution is 7.08. The zero-order valence-corrected chi connectivity index (χ0v) is 13.0. The first-order valence-electron chi connectivity index (χ1n) is 6.58. The second kappa shape index (κ2) is 6.64. The van der Waals surface area contributed by atoms with E-state index in [1.807, 2.05) is 35.7 Å². The summed E-state index contributed by atoms with van der Waals surface area (Å²) in [5.74, 6) is 1.04. The number of thiophene rings is 1. The van der Waals surface area contributed by atoms with Gasteiger partial charge in [0.05, 0.1) is 11.3 Å². The molecule has 3 rings (SSSR count). The van der Waals surface area contributed by atoms with Crippen LogP contribution in [-0.4, -0.2) is 5.91 Å². The summed E-state index contributed by atoms with van der Waals surface area (Å²) in [4.78, 5) is 12.2. The fraction of sp³-hybridized carbons (Fsp3) is 0. The fourth-order valence-corrected chi connectivity index (χ4v) is 2.70. The number of anilines is 1. The van der Waals surface area contributed by atoms with E-state index in [9.17, 15) is 4.79 Å². The molecule has 0 unspecified atom stereocenters. The van der Waals surface area contributed by atoms with Crippen molar-refractivity contribution in [3.8, 4) is 11.5 Å². The minimum absolute atomic E-state index is 0.193. The molecular formula is C17H12ClNO2S. The fourth-order valence-electron chi connectivity index (χ4n) is 1.89. The van der Waals surface area contributed by atoms with Gasteiger partial charge in [0, 0.05) is 10.4 Å². The molecule has 0 fully saturated rings. The second-order valence-corrected chi connectivity index (χ2v) is 5.74. The number of ether oxygens (including phenoxy) is 1. The molecule has 2 aromatic carbocycles. The molecule has 110 valence electrons. The molecule has 22 heavy (non-hydrogen) atoms. The largest absolute Gasteiger partial charge is 0.455 e. The van der Waals surface area contributed by atoms with Crippen molar-refractivity contribution < 1.29 is 9.53 Å². The molecule has 1 aromatic heterocycles.